The number of nitrogens with zero attached hydrogens (tertiary/aromatic N) is 1. The lowest BCUT2D eigenvalue weighted by molar-refractivity contribution is 0.102. The Morgan fingerprint density at radius 1 is 1.00 bits per heavy atom. The summed E-state index contributed by atoms with van der Waals surface area (Å²) in [5.74, 6) is -0.174. The fourth-order valence-corrected chi connectivity index (χ4v) is 2.72. The van der Waals surface area contributed by atoms with Crippen LogP contribution < -0.4 is 10.6 Å². The van der Waals surface area contributed by atoms with Crippen LogP contribution in [0.25, 0.3) is 0 Å². The number of carbonyl (C=O) groups excluding carboxylic acids is 1. The van der Waals surface area contributed by atoms with E-state index in [-0.39, 0.29) is 5.91 Å². The zero-order valence-electron chi connectivity index (χ0n) is 15.0. The van der Waals surface area contributed by atoms with E-state index >= 15 is 0 Å². The van der Waals surface area contributed by atoms with Crippen LogP contribution in [0, 0.1) is 0 Å². The fraction of sp³-hybridized carbons (Fsp3) is 0.182. The van der Waals surface area contributed by atoms with Gasteiger partial charge in [0.2, 0.25) is 0 Å². The van der Waals surface area contributed by atoms with Gasteiger partial charge < -0.3 is 15.7 Å². The number of aromatic nitrogens is 1. The number of hydrogen-bond donors (Lipinski definition) is 3. The number of carbonyl (C=O) groups is 1. The minimum absolute atomic E-state index is 0.174. The smallest absolute Gasteiger partial charge is 0.257 e. The summed E-state index contributed by atoms with van der Waals surface area (Å²) in [6.07, 6.45) is 3.52. The molecule has 0 saturated heterocycles. The first-order valence-electron chi connectivity index (χ1n) is 8.96. The molecule has 1 aromatic heterocycles. The molecule has 1 amide bonds. The van der Waals surface area contributed by atoms with Gasteiger partial charge in [0.15, 0.2) is 0 Å². The lowest BCUT2D eigenvalue weighted by atomic mass is 10.1. The number of rotatable bonds is 8. The third-order valence-corrected chi connectivity index (χ3v) is 4.25. The van der Waals surface area contributed by atoms with E-state index in [1.807, 2.05) is 54.6 Å². The number of hydrogen-bond acceptors (Lipinski definition) is 4. The fourth-order valence-electron chi connectivity index (χ4n) is 2.72. The first-order valence-corrected chi connectivity index (χ1v) is 8.96. The van der Waals surface area contributed by atoms with Crippen molar-refractivity contribution in [2.45, 2.75) is 12.5 Å². The van der Waals surface area contributed by atoms with Crippen molar-refractivity contribution in [1.29, 1.82) is 0 Å². The summed E-state index contributed by atoms with van der Waals surface area (Å²) in [6.45, 7) is 1.29. The van der Waals surface area contributed by atoms with E-state index in [1.165, 1.54) is 0 Å². The Kier molecular flexibility index (Phi) is 6.68. The first-order chi connectivity index (χ1) is 13.2. The molecule has 5 nitrogen and oxygen atoms in total. The van der Waals surface area contributed by atoms with Crippen LogP contribution in [0.5, 0.6) is 0 Å². The third-order valence-electron chi connectivity index (χ3n) is 4.25. The number of benzene rings is 2. The van der Waals surface area contributed by atoms with Crippen LogP contribution in [0.4, 0.5) is 5.69 Å². The summed E-state index contributed by atoms with van der Waals surface area (Å²) >= 11 is 0. The number of amides is 1. The Labute approximate surface area is 159 Å². The number of nitrogens with one attached hydrogen (secondary N) is 2. The number of anilines is 1. The summed E-state index contributed by atoms with van der Waals surface area (Å²) in [4.78, 5) is 16.1. The van der Waals surface area contributed by atoms with Crippen molar-refractivity contribution in [2.75, 3.05) is 18.4 Å². The molecule has 0 unspecified atom stereocenters. The van der Waals surface area contributed by atoms with Crippen molar-refractivity contribution >= 4 is 11.6 Å². The molecule has 0 aliphatic carbocycles. The third kappa shape index (κ3) is 5.74. The Morgan fingerprint density at radius 3 is 2.48 bits per heavy atom. The highest BCUT2D eigenvalue weighted by Gasteiger charge is 2.07. The Morgan fingerprint density at radius 2 is 1.78 bits per heavy atom. The molecule has 3 rings (SSSR count). The maximum Gasteiger partial charge on any atom is 0.257 e. The maximum absolute atomic E-state index is 12.1. The first kappa shape index (κ1) is 18.8. The Hall–Kier alpha value is -3.02. The minimum Gasteiger partial charge on any atom is -0.387 e. The molecule has 3 N–H and O–H groups in total. The predicted octanol–water partition coefficient (Wildman–Crippen LogP) is 3.20. The van der Waals surface area contributed by atoms with Crippen LogP contribution in [0.15, 0.2) is 79.1 Å². The van der Waals surface area contributed by atoms with Crippen molar-refractivity contribution < 1.29 is 9.90 Å². The molecule has 27 heavy (non-hydrogen) atoms. The monoisotopic (exact) mass is 361 g/mol. The van der Waals surface area contributed by atoms with E-state index in [2.05, 4.69) is 15.6 Å². The molecule has 0 aliphatic heterocycles. The number of aliphatic hydroxyl groups excluding tert-OH is 1. The normalized spacial score (nSPS) is 11.7. The molecule has 1 atom stereocenters. The SMILES string of the molecule is O=C(Nc1ccc(CCNC[C@H](O)c2ccccc2)cc1)c1cccnc1. The molecule has 0 radical (unpaired) electrons. The van der Waals surface area contributed by atoms with Crippen LogP contribution in [-0.4, -0.2) is 29.1 Å². The van der Waals surface area contributed by atoms with Gasteiger partial charge in [-0.3, -0.25) is 9.78 Å². The number of aliphatic hydroxyl groups is 1. The summed E-state index contributed by atoms with van der Waals surface area (Å²) in [5.41, 5.74) is 3.36. The van der Waals surface area contributed by atoms with Crippen molar-refractivity contribution in [3.8, 4) is 0 Å². The molecule has 0 spiro atoms. The zero-order chi connectivity index (χ0) is 18.9. The van der Waals surface area contributed by atoms with Gasteiger partial charge in [-0.05, 0) is 48.4 Å². The second-order valence-electron chi connectivity index (χ2n) is 6.27. The van der Waals surface area contributed by atoms with Crippen LogP contribution in [0.1, 0.15) is 27.6 Å². The lowest BCUT2D eigenvalue weighted by Crippen LogP contribution is -2.23. The summed E-state index contributed by atoms with van der Waals surface area (Å²) in [5, 5.41) is 16.3. The quantitative estimate of drug-likeness (QED) is 0.539. The van der Waals surface area contributed by atoms with E-state index in [0.717, 1.165) is 29.8 Å². The summed E-state index contributed by atoms with van der Waals surface area (Å²) < 4.78 is 0. The molecule has 138 valence electrons. The van der Waals surface area contributed by atoms with E-state index in [4.69, 9.17) is 0 Å². The molecule has 0 bridgehead atoms. The van der Waals surface area contributed by atoms with Gasteiger partial charge in [0, 0.05) is 24.6 Å². The molecule has 0 aliphatic rings. The molecule has 0 fully saturated rings. The lowest BCUT2D eigenvalue weighted by Gasteiger charge is -2.12. The van der Waals surface area contributed by atoms with Crippen LogP contribution >= 0.6 is 0 Å². The minimum atomic E-state index is -0.503. The van der Waals surface area contributed by atoms with E-state index in [9.17, 15) is 9.90 Å². The van der Waals surface area contributed by atoms with E-state index in [1.54, 1.807) is 24.5 Å². The van der Waals surface area contributed by atoms with Crippen molar-refractivity contribution in [2.24, 2.45) is 0 Å². The van der Waals surface area contributed by atoms with Gasteiger partial charge in [-0.15, -0.1) is 0 Å². The van der Waals surface area contributed by atoms with Crippen molar-refractivity contribution in [3.63, 3.8) is 0 Å². The maximum atomic E-state index is 12.1. The van der Waals surface area contributed by atoms with Gasteiger partial charge in [-0.25, -0.2) is 0 Å². The standard InChI is InChI=1S/C22H23N3O2/c26-21(18-5-2-1-3-6-18)16-24-14-12-17-8-10-20(11-9-17)25-22(27)19-7-4-13-23-15-19/h1-11,13,15,21,24,26H,12,14,16H2,(H,25,27)/t21-/m0/s1. The van der Waals surface area contributed by atoms with Crippen molar-refractivity contribution in [3.05, 3.63) is 95.8 Å². The highest BCUT2D eigenvalue weighted by Crippen LogP contribution is 2.12. The molecule has 0 saturated carbocycles. The van der Waals surface area contributed by atoms with Crippen LogP contribution in [0.3, 0.4) is 0 Å². The second-order valence-corrected chi connectivity index (χ2v) is 6.27. The average molecular weight is 361 g/mol. The van der Waals surface area contributed by atoms with E-state index in [0.29, 0.717) is 12.1 Å². The highest BCUT2D eigenvalue weighted by molar-refractivity contribution is 6.03. The van der Waals surface area contributed by atoms with Gasteiger partial charge in [0.05, 0.1) is 11.7 Å². The summed E-state index contributed by atoms with van der Waals surface area (Å²) in [7, 11) is 0. The molecular weight excluding hydrogens is 338 g/mol. The molecular formula is C22H23N3O2. The van der Waals surface area contributed by atoms with Gasteiger partial charge in [0.25, 0.3) is 5.91 Å². The Balaban J connectivity index is 1.42. The summed E-state index contributed by atoms with van der Waals surface area (Å²) in [6, 6.07) is 20.9. The largest absolute Gasteiger partial charge is 0.387 e. The van der Waals surface area contributed by atoms with Crippen LogP contribution in [0.2, 0.25) is 0 Å². The average Bonchev–Trinajstić information content (AvgIpc) is 2.73. The van der Waals surface area contributed by atoms with E-state index < -0.39 is 6.10 Å². The van der Waals surface area contributed by atoms with Gasteiger partial charge in [-0.2, -0.15) is 0 Å². The van der Waals surface area contributed by atoms with Gasteiger partial charge in [0.1, 0.15) is 0 Å². The molecule has 3 aromatic rings. The van der Waals surface area contributed by atoms with Gasteiger partial charge in [-0.1, -0.05) is 42.5 Å². The molecule has 1 heterocycles. The zero-order valence-corrected chi connectivity index (χ0v) is 15.0. The molecule has 2 aromatic carbocycles. The second kappa shape index (κ2) is 9.62. The molecule has 5 heteroatoms. The van der Waals surface area contributed by atoms with Crippen LogP contribution in [-0.2, 0) is 6.42 Å². The topological polar surface area (TPSA) is 74.2 Å². The van der Waals surface area contributed by atoms with Crippen molar-refractivity contribution in [1.82, 2.24) is 10.3 Å². The van der Waals surface area contributed by atoms with Gasteiger partial charge >= 0.3 is 0 Å². The number of pyridine rings is 1. The Bertz CT molecular complexity index is 836. The highest BCUT2D eigenvalue weighted by atomic mass is 16.3. The predicted molar refractivity (Wildman–Crippen MR) is 107 cm³/mol.